The van der Waals surface area contributed by atoms with E-state index >= 15 is 0 Å². The van der Waals surface area contributed by atoms with E-state index in [2.05, 4.69) is 15.5 Å². The summed E-state index contributed by atoms with van der Waals surface area (Å²) in [7, 11) is 0. The molecule has 0 saturated heterocycles. The zero-order chi connectivity index (χ0) is 19.0. The van der Waals surface area contributed by atoms with Gasteiger partial charge in [-0.2, -0.15) is 0 Å². The van der Waals surface area contributed by atoms with Gasteiger partial charge in [0.15, 0.2) is 10.1 Å². The average Bonchev–Trinajstić information content (AvgIpc) is 3.25. The molecule has 0 spiro atoms. The second-order valence-corrected chi connectivity index (χ2v) is 8.69. The summed E-state index contributed by atoms with van der Waals surface area (Å²) in [4.78, 5) is 37.8. The Morgan fingerprint density at radius 2 is 2.15 bits per heavy atom. The molecule has 4 rings (SSSR count). The number of anilines is 2. The molecule has 1 saturated carbocycles. The van der Waals surface area contributed by atoms with Crippen molar-refractivity contribution in [3.05, 3.63) is 29.3 Å². The van der Waals surface area contributed by atoms with Crippen molar-refractivity contribution in [1.82, 2.24) is 10.2 Å². The van der Waals surface area contributed by atoms with Gasteiger partial charge < -0.3 is 5.32 Å². The largest absolute Gasteiger partial charge is 0.326 e. The zero-order valence-corrected chi connectivity index (χ0v) is 16.4. The second kappa shape index (κ2) is 7.40. The normalized spacial score (nSPS) is 15.4. The lowest BCUT2D eigenvalue weighted by Crippen LogP contribution is -2.32. The van der Waals surface area contributed by atoms with Crippen molar-refractivity contribution >= 4 is 51.5 Å². The molecule has 1 N–H and O–H groups in total. The summed E-state index contributed by atoms with van der Waals surface area (Å²) in [6.45, 7) is 1.84. The van der Waals surface area contributed by atoms with E-state index < -0.39 is 0 Å². The maximum Gasteiger partial charge on any atom is 0.228 e. The Bertz CT molecular complexity index is 923. The molecule has 1 aromatic heterocycles. The summed E-state index contributed by atoms with van der Waals surface area (Å²) in [6, 6.07) is 5.52. The fraction of sp³-hybridized carbons (Fsp3) is 0.389. The fourth-order valence-corrected chi connectivity index (χ4v) is 4.77. The maximum absolute atomic E-state index is 12.5. The Balaban J connectivity index is 1.40. The Kier molecular flexibility index (Phi) is 4.96. The number of benzene rings is 1. The van der Waals surface area contributed by atoms with Crippen molar-refractivity contribution in [2.75, 3.05) is 16.0 Å². The predicted molar refractivity (Wildman–Crippen MR) is 105 cm³/mol. The van der Waals surface area contributed by atoms with Crippen molar-refractivity contribution < 1.29 is 14.4 Å². The first-order valence-corrected chi connectivity index (χ1v) is 10.6. The lowest BCUT2D eigenvalue weighted by atomic mass is 10.1. The van der Waals surface area contributed by atoms with Crippen LogP contribution in [0, 0.1) is 0 Å². The molecule has 2 aliphatic rings. The van der Waals surface area contributed by atoms with Crippen LogP contribution in [0.15, 0.2) is 22.5 Å². The first-order chi connectivity index (χ1) is 13.0. The quantitative estimate of drug-likeness (QED) is 0.435. The summed E-state index contributed by atoms with van der Waals surface area (Å²) >= 11 is 2.67. The number of rotatable bonds is 7. The van der Waals surface area contributed by atoms with Crippen LogP contribution in [0.3, 0.4) is 0 Å². The monoisotopic (exact) mass is 402 g/mol. The molecular formula is C18H18N4O3S2. The van der Waals surface area contributed by atoms with Crippen LogP contribution < -0.4 is 10.2 Å². The van der Waals surface area contributed by atoms with E-state index in [9.17, 15) is 14.4 Å². The number of Topliss-reactive ketones (excluding diaryl/α,β-unsaturated/α-hetero) is 1. The summed E-state index contributed by atoms with van der Waals surface area (Å²) in [5.41, 5.74) is 2.22. The Morgan fingerprint density at radius 1 is 1.33 bits per heavy atom. The van der Waals surface area contributed by atoms with Crippen LogP contribution in [-0.2, 0) is 16.0 Å². The minimum absolute atomic E-state index is 0.0254. The smallest absolute Gasteiger partial charge is 0.228 e. The number of amides is 2. The minimum atomic E-state index is -0.0489. The van der Waals surface area contributed by atoms with E-state index in [1.807, 2.05) is 6.92 Å². The molecule has 1 fully saturated rings. The number of hydrogen-bond acceptors (Lipinski definition) is 7. The highest BCUT2D eigenvalue weighted by molar-refractivity contribution is 8.01. The topological polar surface area (TPSA) is 92.3 Å². The van der Waals surface area contributed by atoms with Crippen molar-refractivity contribution in [3.63, 3.8) is 0 Å². The van der Waals surface area contributed by atoms with Gasteiger partial charge in [-0.15, -0.1) is 10.2 Å². The van der Waals surface area contributed by atoms with Crippen LogP contribution in [0.25, 0.3) is 0 Å². The molecule has 0 radical (unpaired) electrons. The molecule has 2 aromatic rings. The number of ketones is 1. The van der Waals surface area contributed by atoms with Crippen LogP contribution in [0.5, 0.6) is 0 Å². The van der Waals surface area contributed by atoms with E-state index in [0.29, 0.717) is 27.9 Å². The molecule has 0 bridgehead atoms. The molecule has 0 unspecified atom stereocenters. The highest BCUT2D eigenvalue weighted by Gasteiger charge is 2.35. The molecule has 9 heteroatoms. The minimum Gasteiger partial charge on any atom is -0.326 e. The third-order valence-corrected chi connectivity index (χ3v) is 6.52. The van der Waals surface area contributed by atoms with E-state index in [-0.39, 0.29) is 29.4 Å². The Hall–Kier alpha value is -2.26. The number of hydrogen-bond donors (Lipinski definition) is 1. The third-order valence-electron chi connectivity index (χ3n) is 4.46. The highest BCUT2D eigenvalue weighted by Crippen LogP contribution is 2.36. The number of fused-ring (bicyclic) bond motifs is 1. The molecule has 1 aromatic carbocycles. The molecule has 2 heterocycles. The number of nitrogens with one attached hydrogen (secondary N) is 1. The Morgan fingerprint density at radius 3 is 2.89 bits per heavy atom. The molecule has 1 aliphatic heterocycles. The number of nitrogens with zero attached hydrogens (tertiary/aromatic N) is 3. The second-order valence-electron chi connectivity index (χ2n) is 6.51. The molecule has 0 atom stereocenters. The van der Waals surface area contributed by atoms with Crippen LogP contribution in [0.1, 0.15) is 42.1 Å². The summed E-state index contributed by atoms with van der Waals surface area (Å²) < 4.78 is 0.672. The lowest BCUT2D eigenvalue weighted by Gasteiger charge is -2.17. The van der Waals surface area contributed by atoms with E-state index in [0.717, 1.165) is 24.1 Å². The van der Waals surface area contributed by atoms with Gasteiger partial charge >= 0.3 is 0 Å². The van der Waals surface area contributed by atoms with Gasteiger partial charge in [-0.25, -0.2) is 0 Å². The molecule has 1 aliphatic carbocycles. The number of thioether (sulfide) groups is 1. The molecule has 27 heavy (non-hydrogen) atoms. The molecular weight excluding hydrogens is 384 g/mol. The van der Waals surface area contributed by atoms with Gasteiger partial charge in [0.25, 0.3) is 0 Å². The predicted octanol–water partition coefficient (Wildman–Crippen LogP) is 2.91. The van der Waals surface area contributed by atoms with Crippen LogP contribution >= 0.6 is 23.1 Å². The maximum atomic E-state index is 12.5. The van der Waals surface area contributed by atoms with E-state index in [4.69, 9.17) is 0 Å². The van der Waals surface area contributed by atoms with Crippen molar-refractivity contribution in [2.24, 2.45) is 0 Å². The molecule has 140 valence electrons. The van der Waals surface area contributed by atoms with Crippen molar-refractivity contribution in [2.45, 2.75) is 43.0 Å². The number of carbonyl (C=O) groups excluding carboxylic acids is 3. The lowest BCUT2D eigenvalue weighted by molar-refractivity contribution is -0.118. The van der Waals surface area contributed by atoms with Crippen LogP contribution in [-0.4, -0.2) is 39.6 Å². The average molecular weight is 403 g/mol. The summed E-state index contributed by atoms with van der Waals surface area (Å²) in [5, 5.41) is 11.6. The van der Waals surface area contributed by atoms with Gasteiger partial charge in [0, 0.05) is 23.7 Å². The fourth-order valence-electron chi connectivity index (χ4n) is 2.94. The van der Waals surface area contributed by atoms with Gasteiger partial charge in [-0.05, 0) is 36.6 Å². The van der Waals surface area contributed by atoms with Crippen LogP contribution in [0.2, 0.25) is 0 Å². The first-order valence-electron chi connectivity index (χ1n) is 8.79. The number of aromatic nitrogens is 2. The Labute approximate surface area is 164 Å². The van der Waals surface area contributed by atoms with Gasteiger partial charge in [0.1, 0.15) is 0 Å². The zero-order valence-electron chi connectivity index (χ0n) is 14.7. The van der Waals surface area contributed by atoms with Gasteiger partial charge in [0.05, 0.1) is 12.2 Å². The van der Waals surface area contributed by atoms with Crippen molar-refractivity contribution in [3.8, 4) is 0 Å². The summed E-state index contributed by atoms with van der Waals surface area (Å²) in [6.07, 6.45) is 2.75. The molecule has 7 nitrogen and oxygen atoms in total. The molecule has 2 amide bonds. The standard InChI is InChI=1S/C18H18N4O3S2/c1-2-16(25)22(12-4-5-12)17-20-21-18(27-17)26-9-14(23)10-3-6-13-11(7-10)8-15(24)19-13/h3,6-7,12H,2,4-5,8-9H2,1H3,(H,19,24). The summed E-state index contributed by atoms with van der Waals surface area (Å²) in [5.74, 6) is 0.220. The van der Waals surface area contributed by atoms with E-state index in [1.54, 1.807) is 23.1 Å². The third kappa shape index (κ3) is 3.89. The number of carbonyl (C=O) groups is 3. The van der Waals surface area contributed by atoms with Gasteiger partial charge in [-0.1, -0.05) is 30.0 Å². The van der Waals surface area contributed by atoms with E-state index in [1.165, 1.54) is 23.1 Å². The first kappa shape index (κ1) is 18.1. The SMILES string of the molecule is CCC(=O)N(c1nnc(SCC(=O)c2ccc3c(c2)CC(=O)N3)s1)C1CC1. The highest BCUT2D eigenvalue weighted by atomic mass is 32.2. The van der Waals surface area contributed by atoms with Gasteiger partial charge in [-0.3, -0.25) is 19.3 Å². The van der Waals surface area contributed by atoms with Gasteiger partial charge in [0.2, 0.25) is 16.9 Å². The van der Waals surface area contributed by atoms with Crippen LogP contribution in [0.4, 0.5) is 10.8 Å². The van der Waals surface area contributed by atoms with Crippen molar-refractivity contribution in [1.29, 1.82) is 0 Å².